The van der Waals surface area contributed by atoms with Gasteiger partial charge in [0.05, 0.1) is 19.0 Å². The van der Waals surface area contributed by atoms with Crippen LogP contribution in [0.3, 0.4) is 0 Å². The Morgan fingerprint density at radius 2 is 1.77 bits per heavy atom. The van der Waals surface area contributed by atoms with Crippen LogP contribution in [0.25, 0.3) is 0 Å². The molecule has 3 aliphatic heterocycles. The maximum Gasteiger partial charge on any atom is 0.302 e. The fourth-order valence-electron chi connectivity index (χ4n) is 4.68. The van der Waals surface area contributed by atoms with Crippen LogP contribution in [0.1, 0.15) is 80.7 Å². The zero-order chi connectivity index (χ0) is 33.6. The molecule has 1 saturated heterocycles. The smallest absolute Gasteiger partial charge is 0.302 e. The number of hydrogen-bond acceptors (Lipinski definition) is 7. The van der Waals surface area contributed by atoms with Gasteiger partial charge in [0.2, 0.25) is 5.91 Å². The number of allylic oxidation sites excluding steroid dienone is 1. The van der Waals surface area contributed by atoms with Gasteiger partial charge in [-0.05, 0) is 64.7 Å². The Morgan fingerprint density at radius 3 is 2.20 bits per heavy atom. The molecule has 44 heavy (non-hydrogen) atoms. The number of likely N-dealkylation sites (tertiary alicyclic amines) is 1. The molecule has 12 heteroatoms. The summed E-state index contributed by atoms with van der Waals surface area (Å²) in [6.45, 7) is 19.5. The lowest BCUT2D eigenvalue weighted by molar-refractivity contribution is -0.140. The lowest BCUT2D eigenvalue weighted by Crippen LogP contribution is -2.50. The van der Waals surface area contributed by atoms with E-state index in [1.54, 1.807) is 19.1 Å². The summed E-state index contributed by atoms with van der Waals surface area (Å²) in [5, 5.41) is 1.27. The predicted molar refractivity (Wildman–Crippen MR) is 171 cm³/mol. The maximum atomic E-state index is 14.2. The molecule has 0 aliphatic carbocycles. The zero-order valence-corrected chi connectivity index (χ0v) is 28.3. The van der Waals surface area contributed by atoms with Crippen molar-refractivity contribution < 1.29 is 27.5 Å². The van der Waals surface area contributed by atoms with E-state index in [-0.39, 0.29) is 30.2 Å². The van der Waals surface area contributed by atoms with Gasteiger partial charge in [0.25, 0.3) is 0 Å². The van der Waals surface area contributed by atoms with Gasteiger partial charge in [0.15, 0.2) is 0 Å². The third-order valence-corrected chi connectivity index (χ3v) is 6.91. The summed E-state index contributed by atoms with van der Waals surface area (Å²) < 4.78 is 43.1. The molecule has 248 valence electrons. The molecule has 2 atom stereocenters. The highest BCUT2D eigenvalue weighted by Gasteiger charge is 2.38. The van der Waals surface area contributed by atoms with Crippen molar-refractivity contribution in [1.82, 2.24) is 20.2 Å². The number of esters is 1. The number of hydrazine groups is 1. The van der Waals surface area contributed by atoms with Gasteiger partial charge < -0.3 is 14.5 Å². The molecule has 1 aromatic carbocycles. The van der Waals surface area contributed by atoms with E-state index in [4.69, 9.17) is 11.6 Å². The maximum absolute atomic E-state index is 14.2. The summed E-state index contributed by atoms with van der Waals surface area (Å²) >= 11 is 5.68. The minimum absolute atomic E-state index is 0.00696. The molecule has 2 unspecified atom stereocenters. The Bertz CT molecular complexity index is 1170. The number of carbonyl (C=O) groups is 2. The number of alkyl halides is 1. The van der Waals surface area contributed by atoms with Crippen molar-refractivity contribution in [3.63, 3.8) is 0 Å². The normalized spacial score (nSPS) is 18.4. The molecular formula is C32H49ClF3N5O3. The van der Waals surface area contributed by atoms with Crippen LogP contribution in [0, 0.1) is 17.6 Å². The number of fused-ring (bicyclic) bond motifs is 1. The van der Waals surface area contributed by atoms with E-state index in [0.29, 0.717) is 24.1 Å². The standard InChI is InChI=1S/C24H30ClF2N5O.C4H8O2.C2H5F.C2H6/c1-5-7-31(14(2)3)22-12-19(16-9-17(26)23(25)18(27)10-16)28-21-11-20(29-32(21)22)24(33)30-8-6-15(4)13-30;1-3-6-4(2)5;1-2-3;1-2/h9-12,14-15,20,29H,5-8,13H2,1-4H3;3H2,1-2H3;2H2,1H3;1-2H3. The van der Waals surface area contributed by atoms with E-state index in [2.05, 4.69) is 47.7 Å². The molecule has 8 nitrogen and oxygen atoms in total. The third kappa shape index (κ3) is 10.8. The molecule has 1 fully saturated rings. The highest BCUT2D eigenvalue weighted by Crippen LogP contribution is 2.31. The minimum atomic E-state index is -0.837. The second kappa shape index (κ2) is 19.4. The fraction of sp³-hybridized carbons (Fsp3) is 0.594. The van der Waals surface area contributed by atoms with E-state index in [0.717, 1.165) is 38.3 Å². The first-order valence-corrected chi connectivity index (χ1v) is 15.7. The summed E-state index contributed by atoms with van der Waals surface area (Å²) in [7, 11) is 0. The largest absolute Gasteiger partial charge is 0.466 e. The Kier molecular flexibility index (Phi) is 17.1. The molecular weight excluding hydrogens is 595 g/mol. The number of benzene rings is 1. The molecule has 3 heterocycles. The van der Waals surface area contributed by atoms with Gasteiger partial charge in [0, 0.05) is 44.2 Å². The van der Waals surface area contributed by atoms with E-state index >= 15 is 0 Å². The van der Waals surface area contributed by atoms with Crippen LogP contribution in [0.4, 0.5) is 13.2 Å². The summed E-state index contributed by atoms with van der Waals surface area (Å²) in [6, 6.07) is 1.98. The van der Waals surface area contributed by atoms with E-state index in [1.165, 1.54) is 26.0 Å². The molecule has 4 rings (SSSR count). The Balaban J connectivity index is 0.000000765. The lowest BCUT2D eigenvalue weighted by atomic mass is 10.1. The number of carbonyl (C=O) groups excluding carboxylic acids is 2. The van der Waals surface area contributed by atoms with Gasteiger partial charge in [-0.1, -0.05) is 39.3 Å². The molecule has 0 aromatic heterocycles. The molecule has 0 saturated carbocycles. The predicted octanol–water partition coefficient (Wildman–Crippen LogP) is 6.85. The summed E-state index contributed by atoms with van der Waals surface area (Å²) in [4.78, 5) is 31.7. The highest BCUT2D eigenvalue weighted by molar-refractivity contribution is 6.31. The summed E-state index contributed by atoms with van der Waals surface area (Å²) in [5.41, 5.74) is 3.99. The van der Waals surface area contributed by atoms with Gasteiger partial charge in [-0.2, -0.15) is 0 Å². The molecule has 1 amide bonds. The molecule has 0 radical (unpaired) electrons. The van der Waals surface area contributed by atoms with Crippen molar-refractivity contribution in [2.45, 2.75) is 87.2 Å². The van der Waals surface area contributed by atoms with Crippen molar-refractivity contribution in [3.8, 4) is 0 Å². The van der Waals surface area contributed by atoms with Crippen molar-refractivity contribution in [2.24, 2.45) is 10.9 Å². The van der Waals surface area contributed by atoms with Gasteiger partial charge in [-0.15, -0.1) is 0 Å². The van der Waals surface area contributed by atoms with Crippen LogP contribution in [0.2, 0.25) is 5.02 Å². The molecule has 1 aromatic rings. The molecule has 0 bridgehead atoms. The van der Waals surface area contributed by atoms with Gasteiger partial charge >= 0.3 is 5.97 Å². The number of aliphatic imine (C=N–C) groups is 1. The van der Waals surface area contributed by atoms with Gasteiger partial charge in [-0.25, -0.2) is 24.2 Å². The van der Waals surface area contributed by atoms with Crippen molar-refractivity contribution >= 4 is 29.2 Å². The minimum Gasteiger partial charge on any atom is -0.466 e. The highest BCUT2D eigenvalue weighted by atomic mass is 35.5. The van der Waals surface area contributed by atoms with Crippen LogP contribution in [-0.4, -0.2) is 77.4 Å². The first kappa shape index (κ1) is 39.0. The van der Waals surface area contributed by atoms with E-state index < -0.39 is 22.7 Å². The molecule has 3 aliphatic rings. The van der Waals surface area contributed by atoms with E-state index in [9.17, 15) is 22.8 Å². The SMILES string of the molecule is CC.CCCN(C1=CC(c2cc(F)c(Cl)c(F)c2)=NC2=CC(C(=O)N3CCC(C)C3)NN21)C(C)C.CCF.CCOC(C)=O. The molecule has 1 N–H and O–H groups in total. The number of nitrogens with one attached hydrogen (secondary N) is 1. The number of nitrogens with zero attached hydrogens (tertiary/aromatic N) is 4. The van der Waals surface area contributed by atoms with Crippen molar-refractivity contribution in [2.75, 3.05) is 32.9 Å². The summed E-state index contributed by atoms with van der Waals surface area (Å²) in [6.07, 6.45) is 5.49. The number of amides is 1. The first-order chi connectivity index (χ1) is 20.9. The van der Waals surface area contributed by atoms with Crippen LogP contribution < -0.4 is 5.43 Å². The second-order valence-electron chi connectivity index (χ2n) is 10.4. The third-order valence-electron chi connectivity index (χ3n) is 6.55. The van der Waals surface area contributed by atoms with E-state index in [1.807, 2.05) is 23.8 Å². The van der Waals surface area contributed by atoms with Gasteiger partial charge in [0.1, 0.15) is 34.3 Å². The Hall–Kier alpha value is -3.05. The number of hydrogen-bond donors (Lipinski definition) is 1. The Labute approximate surface area is 265 Å². The molecule has 0 spiro atoms. The van der Waals surface area contributed by atoms with Crippen LogP contribution in [0.15, 0.2) is 40.9 Å². The average molecular weight is 644 g/mol. The van der Waals surface area contributed by atoms with Crippen molar-refractivity contribution in [3.05, 3.63) is 58.1 Å². The lowest BCUT2D eigenvalue weighted by Gasteiger charge is -2.38. The average Bonchev–Trinajstić information content (AvgIpc) is 3.61. The van der Waals surface area contributed by atoms with Crippen LogP contribution in [-0.2, 0) is 14.3 Å². The number of halogens is 4. The quantitative estimate of drug-likeness (QED) is 0.259. The Morgan fingerprint density at radius 1 is 1.18 bits per heavy atom. The monoisotopic (exact) mass is 643 g/mol. The van der Waals surface area contributed by atoms with Crippen LogP contribution >= 0.6 is 11.6 Å². The fourth-order valence-corrected chi connectivity index (χ4v) is 4.79. The van der Waals surface area contributed by atoms with Crippen molar-refractivity contribution in [1.29, 1.82) is 0 Å². The van der Waals surface area contributed by atoms with Crippen LogP contribution in [0.5, 0.6) is 0 Å². The number of ether oxygens (including phenoxy) is 1. The first-order valence-electron chi connectivity index (χ1n) is 15.4. The summed E-state index contributed by atoms with van der Waals surface area (Å²) in [5.74, 6) is -0.0764. The second-order valence-corrected chi connectivity index (χ2v) is 10.8. The number of rotatable bonds is 7. The zero-order valence-electron chi connectivity index (χ0n) is 27.5. The topological polar surface area (TPSA) is 77.5 Å². The van der Waals surface area contributed by atoms with Gasteiger partial charge in [-0.3, -0.25) is 14.0 Å².